The van der Waals surface area contributed by atoms with Crippen LogP contribution in [0.2, 0.25) is 0 Å². The molecule has 0 aromatic heterocycles. The van der Waals surface area contributed by atoms with Crippen molar-refractivity contribution in [2.75, 3.05) is 13.7 Å². The van der Waals surface area contributed by atoms with Crippen molar-refractivity contribution < 1.29 is 19.1 Å². The second-order valence-corrected chi connectivity index (χ2v) is 6.17. The monoisotopic (exact) mass is 255 g/mol. The Labute approximate surface area is 107 Å². The third kappa shape index (κ3) is 1.81. The van der Waals surface area contributed by atoms with Crippen LogP contribution in [0, 0.1) is 5.41 Å². The van der Waals surface area contributed by atoms with Crippen molar-refractivity contribution in [1.29, 1.82) is 0 Å². The zero-order chi connectivity index (χ0) is 13.6. The molecule has 2 heterocycles. The first-order valence-electron chi connectivity index (χ1n) is 6.35. The van der Waals surface area contributed by atoms with Gasteiger partial charge in [-0.25, -0.2) is 4.79 Å². The third-order valence-electron chi connectivity index (χ3n) is 3.73. The van der Waals surface area contributed by atoms with E-state index < -0.39 is 5.54 Å². The van der Waals surface area contributed by atoms with Gasteiger partial charge < -0.3 is 9.47 Å². The highest BCUT2D eigenvalue weighted by molar-refractivity contribution is 5.90. The Balaban J connectivity index is 2.40. The first-order chi connectivity index (χ1) is 8.33. The molecular weight excluding hydrogens is 234 g/mol. The van der Waals surface area contributed by atoms with E-state index in [2.05, 4.69) is 0 Å². The highest BCUT2D eigenvalue weighted by Crippen LogP contribution is 2.43. The molecule has 0 saturated carbocycles. The van der Waals surface area contributed by atoms with E-state index in [4.69, 9.17) is 9.47 Å². The molecule has 0 aromatic carbocycles. The van der Waals surface area contributed by atoms with Crippen molar-refractivity contribution in [3.05, 3.63) is 0 Å². The van der Waals surface area contributed by atoms with E-state index in [0.717, 1.165) is 0 Å². The molecule has 0 bridgehead atoms. The summed E-state index contributed by atoms with van der Waals surface area (Å²) in [5.41, 5.74) is -1.12. The van der Waals surface area contributed by atoms with Gasteiger partial charge in [0.05, 0.1) is 13.7 Å². The normalized spacial score (nSPS) is 32.3. The molecule has 2 saturated heterocycles. The van der Waals surface area contributed by atoms with Crippen LogP contribution in [0.15, 0.2) is 0 Å². The molecule has 0 spiro atoms. The minimum Gasteiger partial charge on any atom is -0.467 e. The second kappa shape index (κ2) is 4.23. The summed E-state index contributed by atoms with van der Waals surface area (Å²) >= 11 is 0. The van der Waals surface area contributed by atoms with Crippen molar-refractivity contribution in [1.82, 2.24) is 4.90 Å². The second-order valence-electron chi connectivity index (χ2n) is 6.17. The lowest BCUT2D eigenvalue weighted by Crippen LogP contribution is -2.61. The summed E-state index contributed by atoms with van der Waals surface area (Å²) < 4.78 is 10.7. The van der Waals surface area contributed by atoms with Gasteiger partial charge in [-0.05, 0) is 12.8 Å². The first-order valence-corrected chi connectivity index (χ1v) is 6.35. The van der Waals surface area contributed by atoms with E-state index in [1.54, 1.807) is 4.90 Å². The van der Waals surface area contributed by atoms with Crippen LogP contribution in [0.5, 0.6) is 0 Å². The topological polar surface area (TPSA) is 55.8 Å². The molecule has 18 heavy (non-hydrogen) atoms. The quantitative estimate of drug-likeness (QED) is 0.663. The average molecular weight is 255 g/mol. The molecule has 2 aliphatic rings. The molecule has 5 heteroatoms. The molecule has 2 atom stereocenters. The molecule has 2 rings (SSSR count). The smallest absolute Gasteiger partial charge is 0.334 e. The lowest BCUT2D eigenvalue weighted by molar-refractivity contribution is -0.167. The summed E-state index contributed by atoms with van der Waals surface area (Å²) in [7, 11) is 1.36. The fourth-order valence-electron chi connectivity index (χ4n) is 2.89. The largest absolute Gasteiger partial charge is 0.467 e. The molecule has 0 unspecified atom stereocenters. The van der Waals surface area contributed by atoms with Gasteiger partial charge in [0.2, 0.25) is 5.91 Å². The Kier molecular flexibility index (Phi) is 3.13. The van der Waals surface area contributed by atoms with E-state index in [-0.39, 0.29) is 30.1 Å². The van der Waals surface area contributed by atoms with Gasteiger partial charge in [0.15, 0.2) is 5.54 Å². The number of ether oxygens (including phenoxy) is 2. The van der Waals surface area contributed by atoms with E-state index >= 15 is 0 Å². The minimum absolute atomic E-state index is 0.0101. The zero-order valence-corrected chi connectivity index (χ0v) is 11.5. The molecule has 0 aromatic rings. The summed E-state index contributed by atoms with van der Waals surface area (Å²) in [6, 6.07) is 0. The molecule has 0 aliphatic carbocycles. The Morgan fingerprint density at radius 1 is 1.50 bits per heavy atom. The maximum Gasteiger partial charge on any atom is 0.334 e. The number of carbonyl (C=O) groups excluding carboxylic acids is 2. The van der Waals surface area contributed by atoms with Gasteiger partial charge >= 0.3 is 5.97 Å². The van der Waals surface area contributed by atoms with Crippen LogP contribution in [0.25, 0.3) is 0 Å². The van der Waals surface area contributed by atoms with Gasteiger partial charge in [0.25, 0.3) is 0 Å². The van der Waals surface area contributed by atoms with Crippen molar-refractivity contribution >= 4 is 11.9 Å². The van der Waals surface area contributed by atoms with Gasteiger partial charge in [0, 0.05) is 11.8 Å². The lowest BCUT2D eigenvalue weighted by atomic mass is 9.84. The predicted molar refractivity (Wildman–Crippen MR) is 64.6 cm³/mol. The summed E-state index contributed by atoms with van der Waals surface area (Å²) in [6.07, 6.45) is 1.46. The van der Waals surface area contributed by atoms with Crippen LogP contribution in [-0.4, -0.2) is 42.3 Å². The molecule has 2 aliphatic heterocycles. The fraction of sp³-hybridized carbons (Fsp3) is 0.846. The zero-order valence-electron chi connectivity index (χ0n) is 11.5. The summed E-state index contributed by atoms with van der Waals surface area (Å²) in [4.78, 5) is 25.9. The van der Waals surface area contributed by atoms with Crippen molar-refractivity contribution in [2.45, 2.75) is 51.8 Å². The van der Waals surface area contributed by atoms with E-state index in [0.29, 0.717) is 19.3 Å². The first kappa shape index (κ1) is 13.3. The number of methoxy groups -OCH3 is 1. The number of nitrogens with zero attached hydrogens (tertiary/aromatic N) is 1. The lowest BCUT2D eigenvalue weighted by Gasteiger charge is -2.43. The average Bonchev–Trinajstić information content (AvgIpc) is 2.69. The molecule has 0 N–H and O–H groups in total. The van der Waals surface area contributed by atoms with Gasteiger partial charge in [0.1, 0.15) is 6.23 Å². The predicted octanol–water partition coefficient (Wildman–Crippen LogP) is 1.31. The van der Waals surface area contributed by atoms with Crippen molar-refractivity contribution in [3.8, 4) is 0 Å². The molecule has 5 nitrogen and oxygen atoms in total. The van der Waals surface area contributed by atoms with E-state index in [1.165, 1.54) is 7.11 Å². The number of esters is 1. The molecule has 2 fully saturated rings. The third-order valence-corrected chi connectivity index (χ3v) is 3.73. The maximum atomic E-state index is 12.2. The van der Waals surface area contributed by atoms with Gasteiger partial charge in [-0.1, -0.05) is 20.8 Å². The number of piperidine rings is 1. The van der Waals surface area contributed by atoms with Crippen LogP contribution in [0.4, 0.5) is 0 Å². The van der Waals surface area contributed by atoms with E-state index in [9.17, 15) is 9.59 Å². The number of hydrogen-bond acceptors (Lipinski definition) is 4. The van der Waals surface area contributed by atoms with Crippen LogP contribution in [0.1, 0.15) is 40.0 Å². The van der Waals surface area contributed by atoms with Crippen molar-refractivity contribution in [3.63, 3.8) is 0 Å². The summed E-state index contributed by atoms with van der Waals surface area (Å²) in [6.45, 7) is 6.26. The van der Waals surface area contributed by atoms with Crippen LogP contribution < -0.4 is 0 Å². The Morgan fingerprint density at radius 2 is 2.17 bits per heavy atom. The van der Waals surface area contributed by atoms with Gasteiger partial charge in [-0.2, -0.15) is 0 Å². The highest BCUT2D eigenvalue weighted by atomic mass is 16.6. The maximum absolute atomic E-state index is 12.2. The number of rotatable bonds is 1. The fourth-order valence-corrected chi connectivity index (χ4v) is 2.89. The van der Waals surface area contributed by atoms with Crippen molar-refractivity contribution in [2.24, 2.45) is 5.41 Å². The Bertz CT molecular complexity index is 374. The Morgan fingerprint density at radius 3 is 2.72 bits per heavy atom. The number of hydrogen-bond donors (Lipinski definition) is 0. The van der Waals surface area contributed by atoms with Crippen LogP contribution >= 0.6 is 0 Å². The number of carbonyl (C=O) groups is 2. The number of fused-ring (bicyclic) bond motifs is 1. The van der Waals surface area contributed by atoms with Gasteiger partial charge in [-0.15, -0.1) is 0 Å². The van der Waals surface area contributed by atoms with Gasteiger partial charge in [-0.3, -0.25) is 9.69 Å². The van der Waals surface area contributed by atoms with E-state index in [1.807, 2.05) is 20.8 Å². The standard InChI is InChI=1S/C13H21NO4/c1-12(2,3)10-14-9(15)6-5-7-13(14,8-18-10)11(16)17-4/h10H,5-8H2,1-4H3/t10-,13+/m1/s1. The molecule has 0 radical (unpaired) electrons. The minimum atomic E-state index is -0.901. The Hall–Kier alpha value is -1.10. The van der Waals surface area contributed by atoms with Crippen LogP contribution in [-0.2, 0) is 19.1 Å². The summed E-state index contributed by atoms with van der Waals surface area (Å²) in [5.74, 6) is -0.369. The molecule has 1 amide bonds. The SMILES string of the molecule is COC(=O)[C@@]12CCCC(=O)N1[C@@H](C(C)(C)C)OC2. The van der Waals surface area contributed by atoms with Crippen LogP contribution in [0.3, 0.4) is 0 Å². The highest BCUT2D eigenvalue weighted by Gasteiger charge is 2.59. The molecule has 102 valence electrons. The molecular formula is C13H21NO4. The summed E-state index contributed by atoms with van der Waals surface area (Å²) in [5, 5.41) is 0. The number of amides is 1.